The molecule has 8 nitrogen and oxygen atoms in total. The maximum absolute atomic E-state index is 12.6. The third-order valence-corrected chi connectivity index (χ3v) is 5.75. The second-order valence-electron chi connectivity index (χ2n) is 5.11. The normalized spacial score (nSPS) is 22.6. The second-order valence-corrected chi connectivity index (χ2v) is 7.46. The number of hydrogen-bond acceptors (Lipinski definition) is 5. The third kappa shape index (κ3) is 2.92. The molecule has 0 aliphatic carbocycles. The fraction of sp³-hybridized carbons (Fsp3) is 0.417. The maximum Gasteiger partial charge on any atom is 0.308 e. The van der Waals surface area contributed by atoms with Crippen molar-refractivity contribution in [1.29, 1.82) is 0 Å². The molecule has 1 saturated heterocycles. The highest BCUT2D eigenvalue weighted by molar-refractivity contribution is 7.89. The van der Waals surface area contributed by atoms with Crippen LogP contribution in [0.1, 0.15) is 6.92 Å². The van der Waals surface area contributed by atoms with E-state index in [0.29, 0.717) is 0 Å². The molecule has 2 atom stereocenters. The van der Waals surface area contributed by atoms with Crippen molar-refractivity contribution in [3.63, 3.8) is 0 Å². The number of carboxylic acid groups (broad SMARTS) is 1. The number of aliphatic carboxylic acids is 1. The van der Waals surface area contributed by atoms with Gasteiger partial charge in [0.15, 0.2) is 4.90 Å². The van der Waals surface area contributed by atoms with E-state index >= 15 is 0 Å². The molecule has 0 amide bonds. The minimum Gasteiger partial charge on any atom is -0.481 e. The largest absolute Gasteiger partial charge is 0.481 e. The summed E-state index contributed by atoms with van der Waals surface area (Å²) in [5.41, 5.74) is -0.626. The lowest BCUT2D eigenvalue weighted by Gasteiger charge is -2.16. The third-order valence-electron chi connectivity index (χ3n) is 3.63. The van der Waals surface area contributed by atoms with Crippen LogP contribution in [0.4, 0.5) is 5.69 Å². The van der Waals surface area contributed by atoms with E-state index in [1.807, 2.05) is 0 Å². The number of carboxylic acids is 1. The zero-order valence-corrected chi connectivity index (χ0v) is 13.0. The van der Waals surface area contributed by atoms with E-state index in [1.165, 1.54) is 6.07 Å². The van der Waals surface area contributed by atoms with Crippen molar-refractivity contribution in [3.8, 4) is 0 Å². The van der Waals surface area contributed by atoms with Gasteiger partial charge in [-0.25, -0.2) is 8.42 Å². The van der Waals surface area contributed by atoms with Crippen molar-refractivity contribution in [1.82, 2.24) is 4.31 Å². The van der Waals surface area contributed by atoms with Gasteiger partial charge in [-0.1, -0.05) is 18.5 Å². The van der Waals surface area contributed by atoms with Crippen molar-refractivity contribution in [3.05, 3.63) is 33.3 Å². The van der Waals surface area contributed by atoms with Gasteiger partial charge in [-0.05, 0) is 18.1 Å². The molecule has 10 heteroatoms. The number of hydrogen-bond donors (Lipinski definition) is 1. The molecule has 1 fully saturated rings. The Morgan fingerprint density at radius 3 is 2.59 bits per heavy atom. The molecular weight excluding hydrogens is 336 g/mol. The van der Waals surface area contributed by atoms with Gasteiger partial charge in [0.05, 0.1) is 10.8 Å². The molecule has 0 spiro atoms. The predicted octanol–water partition coefficient (Wildman–Crippen LogP) is 1.59. The number of sulfonamides is 1. The molecule has 1 aromatic rings. The molecule has 1 heterocycles. The van der Waals surface area contributed by atoms with E-state index in [1.54, 1.807) is 6.92 Å². The van der Waals surface area contributed by atoms with Crippen LogP contribution in [0.5, 0.6) is 0 Å². The summed E-state index contributed by atoms with van der Waals surface area (Å²) in [5, 5.41) is 20.2. The highest BCUT2D eigenvalue weighted by Gasteiger charge is 2.42. The Hall–Kier alpha value is -1.71. The van der Waals surface area contributed by atoms with Crippen molar-refractivity contribution in [2.24, 2.45) is 11.8 Å². The molecule has 1 aliphatic heterocycles. The van der Waals surface area contributed by atoms with E-state index in [2.05, 4.69) is 0 Å². The SMILES string of the molecule is C[C@@H]1CN(S(=O)(=O)c2ccc(Cl)cc2[N+](=O)[O-])C[C@H]1C(=O)O. The Bertz CT molecular complexity index is 735. The van der Waals surface area contributed by atoms with Crippen molar-refractivity contribution < 1.29 is 23.2 Å². The van der Waals surface area contributed by atoms with Gasteiger partial charge in [-0.3, -0.25) is 14.9 Å². The molecule has 22 heavy (non-hydrogen) atoms. The number of nitrogens with zero attached hydrogens (tertiary/aromatic N) is 2. The van der Waals surface area contributed by atoms with Gasteiger partial charge in [0, 0.05) is 24.2 Å². The quantitative estimate of drug-likeness (QED) is 0.652. The van der Waals surface area contributed by atoms with Crippen LogP contribution in [0.25, 0.3) is 0 Å². The Balaban J connectivity index is 2.45. The van der Waals surface area contributed by atoms with Crippen LogP contribution in [0, 0.1) is 22.0 Å². The molecule has 0 bridgehead atoms. The monoisotopic (exact) mass is 348 g/mol. The lowest BCUT2D eigenvalue weighted by atomic mass is 9.99. The maximum atomic E-state index is 12.6. The van der Waals surface area contributed by atoms with Gasteiger partial charge in [0.2, 0.25) is 10.0 Å². The van der Waals surface area contributed by atoms with Crippen LogP contribution in [0.15, 0.2) is 23.1 Å². The summed E-state index contributed by atoms with van der Waals surface area (Å²) in [6, 6.07) is 3.27. The van der Waals surface area contributed by atoms with Gasteiger partial charge < -0.3 is 5.11 Å². The molecule has 2 rings (SSSR count). The first kappa shape index (κ1) is 16.7. The van der Waals surface area contributed by atoms with Gasteiger partial charge in [0.1, 0.15) is 0 Å². The molecule has 1 N–H and O–H groups in total. The van der Waals surface area contributed by atoms with E-state index in [0.717, 1.165) is 16.4 Å². The minimum atomic E-state index is -4.16. The summed E-state index contributed by atoms with van der Waals surface area (Å²) in [6.07, 6.45) is 0. The zero-order chi connectivity index (χ0) is 16.7. The van der Waals surface area contributed by atoms with Gasteiger partial charge >= 0.3 is 5.97 Å². The predicted molar refractivity (Wildman–Crippen MR) is 77.2 cm³/mol. The molecular formula is C12H13ClN2O6S. The molecule has 0 saturated carbocycles. The van der Waals surface area contributed by atoms with Gasteiger partial charge in [-0.2, -0.15) is 4.31 Å². The average Bonchev–Trinajstić information content (AvgIpc) is 2.81. The van der Waals surface area contributed by atoms with E-state index < -0.39 is 37.4 Å². The number of halogens is 1. The lowest BCUT2D eigenvalue weighted by molar-refractivity contribution is -0.387. The van der Waals surface area contributed by atoms with Gasteiger partial charge in [0.25, 0.3) is 5.69 Å². The first-order chi connectivity index (χ1) is 10.1. The number of benzene rings is 1. The summed E-state index contributed by atoms with van der Waals surface area (Å²) >= 11 is 5.67. The number of nitro groups is 1. The van der Waals surface area contributed by atoms with Crippen molar-refractivity contribution in [2.45, 2.75) is 11.8 Å². The summed E-state index contributed by atoms with van der Waals surface area (Å²) in [7, 11) is -4.16. The molecule has 0 aromatic heterocycles. The standard InChI is InChI=1S/C12H13ClN2O6S/c1-7-5-14(6-9(7)12(16)17)22(20,21)11-3-2-8(13)4-10(11)15(18)19/h2-4,7,9H,5-6H2,1H3,(H,16,17)/t7-,9-/m1/s1. The van der Waals surface area contributed by atoms with Crippen molar-refractivity contribution >= 4 is 33.3 Å². The smallest absolute Gasteiger partial charge is 0.308 e. The lowest BCUT2D eigenvalue weighted by Crippen LogP contribution is -2.30. The fourth-order valence-corrected chi connectivity index (χ4v) is 4.30. The molecule has 120 valence electrons. The fourth-order valence-electron chi connectivity index (χ4n) is 2.43. The Kier molecular flexibility index (Phi) is 4.41. The number of nitro benzene ring substituents is 1. The molecule has 0 radical (unpaired) electrons. The van der Waals surface area contributed by atoms with Crippen LogP contribution >= 0.6 is 11.6 Å². The van der Waals surface area contributed by atoms with Crippen LogP contribution in [-0.4, -0.2) is 41.8 Å². The average molecular weight is 349 g/mol. The van der Waals surface area contributed by atoms with Crippen LogP contribution in [-0.2, 0) is 14.8 Å². The van der Waals surface area contributed by atoms with Crippen LogP contribution < -0.4 is 0 Å². The number of rotatable bonds is 4. The number of carbonyl (C=O) groups is 1. The van der Waals surface area contributed by atoms with Gasteiger partial charge in [-0.15, -0.1) is 0 Å². The van der Waals surface area contributed by atoms with E-state index in [4.69, 9.17) is 16.7 Å². The Morgan fingerprint density at radius 1 is 1.45 bits per heavy atom. The van der Waals surface area contributed by atoms with E-state index in [-0.39, 0.29) is 24.0 Å². The summed E-state index contributed by atoms with van der Waals surface area (Å²) in [4.78, 5) is 20.8. The second kappa shape index (κ2) is 5.82. The summed E-state index contributed by atoms with van der Waals surface area (Å²) < 4.78 is 26.1. The molecule has 0 unspecified atom stereocenters. The molecule has 1 aliphatic rings. The van der Waals surface area contributed by atoms with Crippen molar-refractivity contribution in [2.75, 3.05) is 13.1 Å². The van der Waals surface area contributed by atoms with E-state index in [9.17, 15) is 23.3 Å². The molecule has 1 aromatic carbocycles. The zero-order valence-electron chi connectivity index (χ0n) is 11.5. The first-order valence-corrected chi connectivity index (χ1v) is 8.13. The summed E-state index contributed by atoms with van der Waals surface area (Å²) in [6.45, 7) is 1.42. The summed E-state index contributed by atoms with van der Waals surface area (Å²) in [5.74, 6) is -2.30. The van der Waals surface area contributed by atoms with Crippen LogP contribution in [0.3, 0.4) is 0 Å². The minimum absolute atomic E-state index is 0.000912. The topological polar surface area (TPSA) is 118 Å². The highest BCUT2D eigenvalue weighted by Crippen LogP contribution is 2.33. The Morgan fingerprint density at radius 2 is 2.09 bits per heavy atom. The van der Waals surface area contributed by atoms with Crippen LogP contribution in [0.2, 0.25) is 5.02 Å². The Labute approximate surface area is 131 Å². The highest BCUT2D eigenvalue weighted by atomic mass is 35.5. The first-order valence-electron chi connectivity index (χ1n) is 6.31.